The van der Waals surface area contributed by atoms with E-state index in [1.54, 1.807) is 28.9 Å². The number of carbonyl (C=O) groups excluding carboxylic acids is 3. The number of nitro benzene ring substituents is 1. The van der Waals surface area contributed by atoms with Crippen LogP contribution in [0.4, 0.5) is 17.1 Å². The minimum absolute atomic E-state index is 0.0441. The number of rotatable bonds is 9. The summed E-state index contributed by atoms with van der Waals surface area (Å²) in [6.45, 7) is 2.91. The smallest absolute Gasteiger partial charge is 0.269 e. The molecule has 3 aliphatic rings. The van der Waals surface area contributed by atoms with Gasteiger partial charge in [-0.05, 0) is 49.4 Å². The van der Waals surface area contributed by atoms with E-state index in [1.165, 1.54) is 23.1 Å². The third kappa shape index (κ3) is 5.41. The number of amides is 3. The molecule has 42 heavy (non-hydrogen) atoms. The molecular weight excluding hydrogens is 540 g/mol. The zero-order chi connectivity index (χ0) is 30.0. The maximum Gasteiger partial charge on any atom is 0.269 e. The van der Waals surface area contributed by atoms with Gasteiger partial charge in [0.05, 0.1) is 29.8 Å². The van der Waals surface area contributed by atoms with Crippen molar-refractivity contribution >= 4 is 34.8 Å². The summed E-state index contributed by atoms with van der Waals surface area (Å²) in [5, 5.41) is 33.0. The molecule has 0 bridgehead atoms. The lowest BCUT2D eigenvalue weighted by Gasteiger charge is -2.28. The highest BCUT2D eigenvalue weighted by molar-refractivity contribution is 6.07. The number of aliphatic hydroxyl groups excluding tert-OH is 1. The fraction of sp³-hybridized carbons (Fsp3) is 0.452. The van der Waals surface area contributed by atoms with Gasteiger partial charge in [0.2, 0.25) is 11.8 Å². The Hall–Kier alpha value is -4.09. The van der Waals surface area contributed by atoms with Crippen molar-refractivity contribution < 1.29 is 29.5 Å². The molecule has 11 nitrogen and oxygen atoms in total. The van der Waals surface area contributed by atoms with E-state index in [4.69, 9.17) is 0 Å². The molecule has 0 spiro atoms. The predicted molar refractivity (Wildman–Crippen MR) is 156 cm³/mol. The summed E-state index contributed by atoms with van der Waals surface area (Å²) in [5.41, 5.74) is -0.252. The molecule has 3 heterocycles. The number of hydrogen-bond acceptors (Lipinski definition) is 7. The second kappa shape index (κ2) is 12.0. The van der Waals surface area contributed by atoms with Crippen LogP contribution in [0.1, 0.15) is 56.6 Å². The summed E-state index contributed by atoms with van der Waals surface area (Å²) in [6, 6.07) is 11.2. The van der Waals surface area contributed by atoms with Crippen LogP contribution in [0.5, 0.6) is 0 Å². The van der Waals surface area contributed by atoms with Crippen LogP contribution in [0.25, 0.3) is 0 Å². The molecule has 222 valence electrons. The second-order valence-corrected chi connectivity index (χ2v) is 11.3. The van der Waals surface area contributed by atoms with E-state index in [2.05, 4.69) is 0 Å². The summed E-state index contributed by atoms with van der Waals surface area (Å²) < 4.78 is 0. The van der Waals surface area contributed by atoms with Crippen molar-refractivity contribution in [2.45, 2.75) is 63.6 Å². The number of benzene rings is 2. The number of likely N-dealkylation sites (tertiary alicyclic amines) is 1. The van der Waals surface area contributed by atoms with Gasteiger partial charge >= 0.3 is 0 Å². The number of fused-ring (bicyclic) bond motifs is 1. The molecule has 3 atom stereocenters. The van der Waals surface area contributed by atoms with Crippen molar-refractivity contribution in [1.82, 2.24) is 4.90 Å². The molecule has 2 fully saturated rings. The molecule has 5 rings (SSSR count). The standard InChI is InChI=1S/C31H36N4O7/c1-21(6-4-9-29(38)33-17-5-7-25(33)20-36)31(40)26-18-24(35(41)42)14-15-27(26)34(30(31)39)19-22-10-12-23(13-11-22)32-16-3-2-8-28(32)37/h4,6,10-15,18,21,25,36,40H,2-3,5,7-9,16-17,19-20H2,1H3/b6-4+/t21-,25+,31+/m1/s1. The molecule has 0 aromatic heterocycles. The van der Waals surface area contributed by atoms with Gasteiger partial charge in [0.15, 0.2) is 5.60 Å². The molecule has 2 aromatic rings. The molecule has 3 aliphatic heterocycles. The Labute approximate surface area is 244 Å². The quantitative estimate of drug-likeness (QED) is 0.264. The summed E-state index contributed by atoms with van der Waals surface area (Å²) in [6.07, 6.45) is 7.17. The van der Waals surface area contributed by atoms with E-state index < -0.39 is 22.3 Å². The molecule has 2 aromatic carbocycles. The van der Waals surface area contributed by atoms with Gasteiger partial charge in [0.25, 0.3) is 11.6 Å². The average Bonchev–Trinajstić information content (AvgIpc) is 3.56. The van der Waals surface area contributed by atoms with Gasteiger partial charge < -0.3 is 24.9 Å². The maximum absolute atomic E-state index is 13.9. The SMILES string of the molecule is C[C@H](/C=C/CC(=O)N1CCC[C@H]1CO)[C@@]1(O)C(=O)N(Cc2ccc(N3CCCCC3=O)cc2)c2ccc([N+](=O)[O-])cc21. The Morgan fingerprint density at radius 1 is 1.14 bits per heavy atom. The summed E-state index contributed by atoms with van der Waals surface area (Å²) in [7, 11) is 0. The first-order chi connectivity index (χ1) is 20.1. The van der Waals surface area contributed by atoms with Crippen molar-refractivity contribution in [2.75, 3.05) is 29.5 Å². The number of nitro groups is 1. The van der Waals surface area contributed by atoms with Gasteiger partial charge in [-0.1, -0.05) is 31.2 Å². The molecular formula is C31H36N4O7. The average molecular weight is 577 g/mol. The monoisotopic (exact) mass is 576 g/mol. The van der Waals surface area contributed by atoms with E-state index >= 15 is 0 Å². The van der Waals surface area contributed by atoms with Crippen molar-refractivity contribution in [3.63, 3.8) is 0 Å². The fourth-order valence-electron chi connectivity index (χ4n) is 6.23. The second-order valence-electron chi connectivity index (χ2n) is 11.3. The summed E-state index contributed by atoms with van der Waals surface area (Å²) in [4.78, 5) is 54.7. The third-order valence-electron chi connectivity index (χ3n) is 8.66. The van der Waals surface area contributed by atoms with Crippen molar-refractivity contribution in [2.24, 2.45) is 5.92 Å². The third-order valence-corrected chi connectivity index (χ3v) is 8.66. The Kier molecular flexibility index (Phi) is 8.42. The minimum atomic E-state index is -2.08. The van der Waals surface area contributed by atoms with Crippen LogP contribution in [-0.2, 0) is 26.5 Å². The Morgan fingerprint density at radius 3 is 2.60 bits per heavy atom. The van der Waals surface area contributed by atoms with E-state index in [0.717, 1.165) is 36.9 Å². The first-order valence-corrected chi connectivity index (χ1v) is 14.4. The highest BCUT2D eigenvalue weighted by Crippen LogP contribution is 2.47. The Balaban J connectivity index is 1.37. The van der Waals surface area contributed by atoms with Crippen LogP contribution in [0.2, 0.25) is 0 Å². The largest absolute Gasteiger partial charge is 0.394 e. The van der Waals surface area contributed by atoms with E-state index in [-0.39, 0.29) is 48.7 Å². The van der Waals surface area contributed by atoms with Gasteiger partial charge in [-0.25, -0.2) is 0 Å². The van der Waals surface area contributed by atoms with Gasteiger partial charge in [0.1, 0.15) is 0 Å². The summed E-state index contributed by atoms with van der Waals surface area (Å²) >= 11 is 0. The number of anilines is 2. The predicted octanol–water partition coefficient (Wildman–Crippen LogP) is 3.41. The molecule has 2 N–H and O–H groups in total. The van der Waals surface area contributed by atoms with Crippen LogP contribution in [0.3, 0.4) is 0 Å². The molecule has 0 radical (unpaired) electrons. The zero-order valence-corrected chi connectivity index (χ0v) is 23.6. The van der Waals surface area contributed by atoms with Crippen molar-refractivity contribution in [1.29, 1.82) is 0 Å². The van der Waals surface area contributed by atoms with Gasteiger partial charge in [-0.2, -0.15) is 0 Å². The fourth-order valence-corrected chi connectivity index (χ4v) is 6.23. The number of piperidine rings is 1. The van der Waals surface area contributed by atoms with Gasteiger partial charge in [-0.15, -0.1) is 0 Å². The first kappa shape index (κ1) is 29.4. The van der Waals surface area contributed by atoms with Crippen LogP contribution >= 0.6 is 0 Å². The molecule has 0 aliphatic carbocycles. The first-order valence-electron chi connectivity index (χ1n) is 14.4. The Morgan fingerprint density at radius 2 is 1.90 bits per heavy atom. The molecule has 11 heteroatoms. The highest BCUT2D eigenvalue weighted by atomic mass is 16.6. The lowest BCUT2D eigenvalue weighted by atomic mass is 9.82. The normalized spacial score (nSPS) is 23.1. The van der Waals surface area contributed by atoms with E-state index in [0.29, 0.717) is 25.2 Å². The topological polar surface area (TPSA) is 145 Å². The number of nitrogens with zero attached hydrogens (tertiary/aromatic N) is 4. The van der Waals surface area contributed by atoms with Crippen molar-refractivity contribution in [3.05, 3.63) is 75.9 Å². The zero-order valence-electron chi connectivity index (χ0n) is 23.6. The number of hydrogen-bond donors (Lipinski definition) is 2. The van der Waals surface area contributed by atoms with Crippen LogP contribution < -0.4 is 9.80 Å². The lowest BCUT2D eigenvalue weighted by molar-refractivity contribution is -0.385. The lowest BCUT2D eigenvalue weighted by Crippen LogP contribution is -2.44. The van der Waals surface area contributed by atoms with Gasteiger partial charge in [0, 0.05) is 55.2 Å². The van der Waals surface area contributed by atoms with Crippen LogP contribution in [0.15, 0.2) is 54.6 Å². The molecule has 0 unspecified atom stereocenters. The van der Waals surface area contributed by atoms with E-state index in [1.807, 2.05) is 24.3 Å². The minimum Gasteiger partial charge on any atom is -0.394 e. The van der Waals surface area contributed by atoms with E-state index in [9.17, 15) is 34.7 Å². The highest BCUT2D eigenvalue weighted by Gasteiger charge is 2.53. The number of carbonyl (C=O) groups is 3. The van der Waals surface area contributed by atoms with Gasteiger partial charge in [-0.3, -0.25) is 24.5 Å². The molecule has 2 saturated heterocycles. The molecule has 0 saturated carbocycles. The molecule has 3 amide bonds. The van der Waals surface area contributed by atoms with Crippen LogP contribution in [0, 0.1) is 16.0 Å². The number of non-ortho nitro benzene ring substituents is 1. The van der Waals surface area contributed by atoms with Crippen molar-refractivity contribution in [3.8, 4) is 0 Å². The van der Waals surface area contributed by atoms with Crippen LogP contribution in [-0.4, -0.2) is 63.5 Å². The maximum atomic E-state index is 13.9. The number of aliphatic hydroxyl groups is 2. The summed E-state index contributed by atoms with van der Waals surface area (Å²) in [5.74, 6) is -1.48. The Bertz CT molecular complexity index is 1410.